The summed E-state index contributed by atoms with van der Waals surface area (Å²) >= 11 is 1.35. The van der Waals surface area contributed by atoms with E-state index in [2.05, 4.69) is 72.0 Å². The fraction of sp³-hybridized carbons (Fsp3) is 0.250. The van der Waals surface area contributed by atoms with Crippen LogP contribution in [0.3, 0.4) is 0 Å². The average Bonchev–Trinajstić information content (AvgIpc) is 3.04. The molecular formula is C20H20N6S. The van der Waals surface area contributed by atoms with Crippen LogP contribution in [0.25, 0.3) is 11.4 Å². The van der Waals surface area contributed by atoms with Crippen LogP contribution in [0.1, 0.15) is 32.0 Å². The van der Waals surface area contributed by atoms with Crippen LogP contribution in [0.5, 0.6) is 0 Å². The summed E-state index contributed by atoms with van der Waals surface area (Å²) < 4.78 is 1.99. The number of allylic oxidation sites excluding steroid dienone is 1. The summed E-state index contributed by atoms with van der Waals surface area (Å²) in [6.07, 6.45) is 1.81. The Kier molecular flexibility index (Phi) is 5.38. The van der Waals surface area contributed by atoms with E-state index in [-0.39, 0.29) is 11.1 Å². The van der Waals surface area contributed by atoms with Crippen molar-refractivity contribution in [3.8, 4) is 17.5 Å². The molecule has 2 heterocycles. The molecule has 0 unspecified atom stereocenters. The van der Waals surface area contributed by atoms with Gasteiger partial charge in [0, 0.05) is 12.1 Å². The summed E-state index contributed by atoms with van der Waals surface area (Å²) in [5.41, 5.74) is 2.65. The molecular weight excluding hydrogens is 356 g/mol. The lowest BCUT2D eigenvalue weighted by Crippen LogP contribution is -2.10. The van der Waals surface area contributed by atoms with Crippen LogP contribution in [0.2, 0.25) is 0 Å². The van der Waals surface area contributed by atoms with Gasteiger partial charge in [-0.05, 0) is 34.9 Å². The van der Waals surface area contributed by atoms with Crippen molar-refractivity contribution in [2.45, 2.75) is 42.9 Å². The summed E-state index contributed by atoms with van der Waals surface area (Å²) in [5, 5.41) is 26.8. The molecule has 27 heavy (non-hydrogen) atoms. The van der Waals surface area contributed by atoms with Crippen molar-refractivity contribution in [2.75, 3.05) is 0 Å². The molecule has 0 aliphatic rings. The molecule has 136 valence electrons. The summed E-state index contributed by atoms with van der Waals surface area (Å²) in [4.78, 5) is 0. The van der Waals surface area contributed by atoms with Crippen molar-refractivity contribution in [1.29, 1.82) is 5.26 Å². The molecule has 0 aliphatic heterocycles. The first-order valence-corrected chi connectivity index (χ1v) is 9.30. The van der Waals surface area contributed by atoms with Gasteiger partial charge < -0.3 is 0 Å². The molecule has 1 aromatic carbocycles. The summed E-state index contributed by atoms with van der Waals surface area (Å²) in [6, 6.07) is 13.7. The first-order chi connectivity index (χ1) is 12.9. The Hall–Kier alpha value is -2.98. The fourth-order valence-electron chi connectivity index (χ4n) is 2.52. The van der Waals surface area contributed by atoms with E-state index in [1.54, 1.807) is 12.1 Å². The quantitative estimate of drug-likeness (QED) is 0.620. The highest BCUT2D eigenvalue weighted by atomic mass is 32.2. The molecule has 0 aliphatic carbocycles. The van der Waals surface area contributed by atoms with Gasteiger partial charge in [-0.15, -0.1) is 27.0 Å². The Balaban J connectivity index is 1.93. The third-order valence-corrected chi connectivity index (χ3v) is 4.90. The van der Waals surface area contributed by atoms with Gasteiger partial charge in [-0.1, -0.05) is 51.1 Å². The van der Waals surface area contributed by atoms with E-state index in [0.717, 1.165) is 11.4 Å². The molecule has 0 N–H and O–H groups in total. The van der Waals surface area contributed by atoms with Crippen molar-refractivity contribution < 1.29 is 0 Å². The number of hydrogen-bond acceptors (Lipinski definition) is 6. The normalized spacial score (nSPS) is 11.2. The van der Waals surface area contributed by atoms with Crippen LogP contribution in [0.15, 0.2) is 59.2 Å². The number of rotatable bonds is 5. The summed E-state index contributed by atoms with van der Waals surface area (Å²) in [7, 11) is 0. The Bertz CT molecular complexity index is 975. The van der Waals surface area contributed by atoms with Gasteiger partial charge in [0.05, 0.1) is 0 Å². The second-order valence-electron chi connectivity index (χ2n) is 7.00. The smallest absolute Gasteiger partial charge is 0.198 e. The Morgan fingerprint density at radius 1 is 1.07 bits per heavy atom. The SMILES string of the molecule is C=CCn1c(Sc2ccc(C#N)nn2)nnc1-c1ccc(C(C)(C)C)cc1. The van der Waals surface area contributed by atoms with Gasteiger partial charge in [0.15, 0.2) is 16.7 Å². The minimum Gasteiger partial charge on any atom is -0.298 e. The lowest BCUT2D eigenvalue weighted by Gasteiger charge is -2.19. The molecule has 0 bridgehead atoms. The molecule has 3 aromatic rings. The van der Waals surface area contributed by atoms with Gasteiger partial charge in [-0.3, -0.25) is 4.57 Å². The fourth-order valence-corrected chi connectivity index (χ4v) is 3.28. The van der Waals surface area contributed by atoms with Crippen LogP contribution < -0.4 is 0 Å². The second-order valence-corrected chi connectivity index (χ2v) is 7.99. The Labute approximate surface area is 163 Å². The van der Waals surface area contributed by atoms with Crippen LogP contribution in [0, 0.1) is 11.3 Å². The lowest BCUT2D eigenvalue weighted by molar-refractivity contribution is 0.590. The number of nitrogens with zero attached hydrogens (tertiary/aromatic N) is 6. The molecule has 0 saturated carbocycles. The van der Waals surface area contributed by atoms with E-state index in [1.165, 1.54) is 17.3 Å². The van der Waals surface area contributed by atoms with Gasteiger partial charge >= 0.3 is 0 Å². The van der Waals surface area contributed by atoms with Crippen molar-refractivity contribution >= 4 is 11.8 Å². The standard InChI is InChI=1S/C20H20N6S/c1-5-12-26-18(14-6-8-15(9-7-14)20(2,3)4)24-25-19(26)27-17-11-10-16(13-21)22-23-17/h5-11H,1,12H2,2-4H3. The maximum atomic E-state index is 8.83. The largest absolute Gasteiger partial charge is 0.298 e. The highest BCUT2D eigenvalue weighted by molar-refractivity contribution is 7.99. The monoisotopic (exact) mass is 376 g/mol. The van der Waals surface area contributed by atoms with E-state index >= 15 is 0 Å². The highest BCUT2D eigenvalue weighted by Gasteiger charge is 2.17. The van der Waals surface area contributed by atoms with Crippen LogP contribution >= 0.6 is 11.8 Å². The molecule has 0 saturated heterocycles. The van der Waals surface area contributed by atoms with E-state index in [0.29, 0.717) is 16.7 Å². The van der Waals surface area contributed by atoms with Crippen LogP contribution in [0.4, 0.5) is 0 Å². The van der Waals surface area contributed by atoms with Gasteiger partial charge in [0.25, 0.3) is 0 Å². The van der Waals surface area contributed by atoms with Gasteiger partial charge in [-0.25, -0.2) is 0 Å². The number of benzene rings is 1. The molecule has 0 radical (unpaired) electrons. The first kappa shape index (κ1) is 18.8. The zero-order valence-electron chi connectivity index (χ0n) is 15.5. The van der Waals surface area contributed by atoms with Crippen molar-refractivity contribution in [3.63, 3.8) is 0 Å². The predicted molar refractivity (Wildman–Crippen MR) is 105 cm³/mol. The van der Waals surface area contributed by atoms with E-state index in [9.17, 15) is 0 Å². The highest BCUT2D eigenvalue weighted by Crippen LogP contribution is 2.30. The third kappa shape index (κ3) is 4.23. The number of aromatic nitrogens is 5. The summed E-state index contributed by atoms with van der Waals surface area (Å²) in [6.45, 7) is 11.0. The molecule has 0 fully saturated rings. The zero-order valence-corrected chi connectivity index (χ0v) is 16.4. The minimum absolute atomic E-state index is 0.0998. The maximum Gasteiger partial charge on any atom is 0.198 e. The first-order valence-electron chi connectivity index (χ1n) is 8.49. The molecule has 3 rings (SSSR count). The molecule has 0 spiro atoms. The lowest BCUT2D eigenvalue weighted by atomic mass is 9.87. The zero-order chi connectivity index (χ0) is 19.4. The number of nitriles is 1. The molecule has 0 amide bonds. The van der Waals surface area contributed by atoms with Gasteiger partial charge in [-0.2, -0.15) is 5.26 Å². The topological polar surface area (TPSA) is 80.3 Å². The predicted octanol–water partition coefficient (Wildman–Crippen LogP) is 4.24. The maximum absolute atomic E-state index is 8.83. The third-order valence-electron chi connectivity index (χ3n) is 3.99. The van der Waals surface area contributed by atoms with E-state index in [1.807, 2.05) is 16.7 Å². The molecule has 0 atom stereocenters. The van der Waals surface area contributed by atoms with Crippen molar-refractivity contribution in [2.24, 2.45) is 0 Å². The van der Waals surface area contributed by atoms with Crippen LogP contribution in [-0.2, 0) is 12.0 Å². The number of hydrogen-bond donors (Lipinski definition) is 0. The Morgan fingerprint density at radius 3 is 2.37 bits per heavy atom. The Morgan fingerprint density at radius 2 is 1.81 bits per heavy atom. The summed E-state index contributed by atoms with van der Waals surface area (Å²) in [5.74, 6) is 0.777. The van der Waals surface area contributed by atoms with Crippen molar-refractivity contribution in [1.82, 2.24) is 25.0 Å². The second kappa shape index (κ2) is 7.72. The minimum atomic E-state index is 0.0998. The van der Waals surface area contributed by atoms with Crippen molar-refractivity contribution in [3.05, 3.63) is 60.3 Å². The van der Waals surface area contributed by atoms with E-state index < -0.39 is 0 Å². The molecule has 6 nitrogen and oxygen atoms in total. The molecule has 7 heteroatoms. The molecule has 2 aromatic heterocycles. The van der Waals surface area contributed by atoms with E-state index in [4.69, 9.17) is 5.26 Å². The van der Waals surface area contributed by atoms with Crippen LogP contribution in [-0.4, -0.2) is 25.0 Å². The van der Waals surface area contributed by atoms with Gasteiger partial charge in [0.2, 0.25) is 0 Å². The van der Waals surface area contributed by atoms with Gasteiger partial charge in [0.1, 0.15) is 11.1 Å². The average molecular weight is 376 g/mol.